The number of rotatable bonds is 1. The highest BCUT2D eigenvalue weighted by atomic mass is 15.3. The third kappa shape index (κ3) is 1.19. The second kappa shape index (κ2) is 2.57. The van der Waals surface area contributed by atoms with Crippen LogP contribution in [0, 0.1) is 32.3 Å². The van der Waals surface area contributed by atoms with Gasteiger partial charge in [-0.05, 0) is 13.8 Å². The molecule has 1 radical (unpaired) electrons. The summed E-state index contributed by atoms with van der Waals surface area (Å²) in [5, 5.41) is 4.12. The summed E-state index contributed by atoms with van der Waals surface area (Å²) in [6.45, 7) is 4.38. The quantitative estimate of drug-likeness (QED) is 0.521. The summed E-state index contributed by atoms with van der Waals surface area (Å²) in [7, 11) is 0. The number of aryl methyl sites for hydroxylation is 2. The molecular weight excluding hydrogens is 124 g/mol. The molecule has 0 saturated carbocycles. The van der Waals surface area contributed by atoms with Crippen LogP contribution in [0.2, 0.25) is 0 Å². The molecular formula is C8H9N2. The van der Waals surface area contributed by atoms with Crippen LogP contribution >= 0.6 is 0 Å². The van der Waals surface area contributed by atoms with Gasteiger partial charge in [-0.2, -0.15) is 5.10 Å². The standard InChI is InChI=1S/C8H9N2/c1-4-5-10-8(3)6-7(2)9-10/h1H,5H2,2-3H3. The summed E-state index contributed by atoms with van der Waals surface area (Å²) >= 11 is 0. The summed E-state index contributed by atoms with van der Waals surface area (Å²) in [6.07, 6.45) is 5.11. The fourth-order valence-corrected chi connectivity index (χ4v) is 0.848. The van der Waals surface area contributed by atoms with Gasteiger partial charge in [0, 0.05) is 11.8 Å². The maximum Gasteiger partial charge on any atom is 0.102 e. The van der Waals surface area contributed by atoms with Crippen molar-refractivity contribution in [2.24, 2.45) is 0 Å². The smallest absolute Gasteiger partial charge is 0.102 e. The van der Waals surface area contributed by atoms with Crippen molar-refractivity contribution in [2.75, 3.05) is 0 Å². The number of aromatic nitrogens is 2. The second-order valence-electron chi connectivity index (χ2n) is 2.16. The lowest BCUT2D eigenvalue weighted by atomic mass is 10.4. The molecule has 0 amide bonds. The van der Waals surface area contributed by atoms with Crippen molar-refractivity contribution in [2.45, 2.75) is 20.4 Å². The molecule has 1 aromatic heterocycles. The van der Waals surface area contributed by atoms with Crippen LogP contribution < -0.4 is 0 Å². The van der Waals surface area contributed by atoms with Gasteiger partial charge in [0.05, 0.1) is 5.69 Å². The van der Waals surface area contributed by atoms with E-state index in [2.05, 4.69) is 17.1 Å². The summed E-state index contributed by atoms with van der Waals surface area (Å²) in [6, 6.07) is 3.05. The molecule has 1 aromatic rings. The molecule has 0 saturated heterocycles. The van der Waals surface area contributed by atoms with E-state index >= 15 is 0 Å². The highest BCUT2D eigenvalue weighted by Crippen LogP contribution is 1.98. The summed E-state index contributed by atoms with van der Waals surface area (Å²) in [4.78, 5) is 0. The lowest BCUT2D eigenvalue weighted by Gasteiger charge is -1.94. The van der Waals surface area contributed by atoms with E-state index in [1.165, 1.54) is 0 Å². The fraction of sp³-hybridized carbons (Fsp3) is 0.375. The molecule has 2 nitrogen and oxygen atoms in total. The minimum absolute atomic E-state index is 0.538. The third-order valence-corrected chi connectivity index (χ3v) is 1.26. The van der Waals surface area contributed by atoms with E-state index < -0.39 is 0 Å². The third-order valence-electron chi connectivity index (χ3n) is 1.26. The zero-order valence-electron chi connectivity index (χ0n) is 6.18. The minimum atomic E-state index is 0.538. The van der Waals surface area contributed by atoms with Crippen LogP contribution in [0.5, 0.6) is 0 Å². The number of hydrogen-bond acceptors (Lipinski definition) is 1. The highest BCUT2D eigenvalue weighted by molar-refractivity contribution is 5.05. The summed E-state index contributed by atoms with van der Waals surface area (Å²) in [5.41, 5.74) is 1.89. The van der Waals surface area contributed by atoms with Crippen LogP contribution in [0.25, 0.3) is 0 Å². The molecule has 0 aromatic carbocycles. The van der Waals surface area contributed by atoms with E-state index in [9.17, 15) is 0 Å². The Morgan fingerprint density at radius 2 is 2.40 bits per heavy atom. The van der Waals surface area contributed by atoms with Gasteiger partial charge < -0.3 is 0 Å². The van der Waals surface area contributed by atoms with E-state index in [-0.39, 0.29) is 0 Å². The van der Waals surface area contributed by atoms with Gasteiger partial charge in [-0.15, -0.1) is 6.42 Å². The van der Waals surface area contributed by atoms with Crippen molar-refractivity contribution < 1.29 is 0 Å². The van der Waals surface area contributed by atoms with E-state index in [0.29, 0.717) is 6.54 Å². The van der Waals surface area contributed by atoms with Gasteiger partial charge in [0.1, 0.15) is 6.54 Å². The van der Waals surface area contributed by atoms with Gasteiger partial charge in [-0.3, -0.25) is 4.68 Å². The molecule has 0 aliphatic carbocycles. The Morgan fingerprint density at radius 3 is 2.80 bits per heavy atom. The van der Waals surface area contributed by atoms with Crippen molar-refractivity contribution in [1.82, 2.24) is 9.78 Å². The molecule has 2 heteroatoms. The van der Waals surface area contributed by atoms with Crippen molar-refractivity contribution in [1.29, 1.82) is 0 Å². The zero-order valence-corrected chi connectivity index (χ0v) is 6.18. The lowest BCUT2D eigenvalue weighted by Crippen LogP contribution is -1.99. The van der Waals surface area contributed by atoms with Gasteiger partial charge in [-0.1, -0.05) is 5.92 Å². The Balaban J connectivity index is 2.94. The molecule has 0 aliphatic heterocycles. The Bertz CT molecular complexity index is 265. The summed E-state index contributed by atoms with van der Waals surface area (Å²) in [5.74, 6) is 2.52. The van der Waals surface area contributed by atoms with Crippen LogP contribution in [-0.4, -0.2) is 9.78 Å². The Morgan fingerprint density at radius 1 is 1.70 bits per heavy atom. The highest BCUT2D eigenvalue weighted by Gasteiger charge is 1.97. The van der Waals surface area contributed by atoms with Crippen LogP contribution in [0.3, 0.4) is 0 Å². The largest absolute Gasteiger partial charge is 0.257 e. The average Bonchev–Trinajstić information content (AvgIpc) is 2.13. The molecule has 1 rings (SSSR count). The van der Waals surface area contributed by atoms with Crippen LogP contribution in [0.4, 0.5) is 0 Å². The molecule has 10 heavy (non-hydrogen) atoms. The van der Waals surface area contributed by atoms with E-state index in [4.69, 9.17) is 6.42 Å². The van der Waals surface area contributed by atoms with Crippen LogP contribution in [0.1, 0.15) is 11.4 Å². The maximum absolute atomic E-state index is 5.11. The van der Waals surface area contributed by atoms with Crippen molar-refractivity contribution in [3.63, 3.8) is 0 Å². The molecule has 0 fully saturated rings. The number of terminal acetylenes is 1. The maximum atomic E-state index is 5.11. The second-order valence-corrected chi connectivity index (χ2v) is 2.16. The first-order valence-electron chi connectivity index (χ1n) is 3.11. The van der Waals surface area contributed by atoms with Gasteiger partial charge in [0.2, 0.25) is 0 Å². The van der Waals surface area contributed by atoms with E-state index in [0.717, 1.165) is 11.4 Å². The summed E-state index contributed by atoms with van der Waals surface area (Å²) < 4.78 is 1.76. The Labute approximate surface area is 60.9 Å². The first-order chi connectivity index (χ1) is 4.74. The molecule has 0 atom stereocenters. The number of nitrogens with zero attached hydrogens (tertiary/aromatic N) is 2. The first-order valence-corrected chi connectivity index (χ1v) is 3.11. The number of hydrogen-bond donors (Lipinski definition) is 0. The van der Waals surface area contributed by atoms with E-state index in [1.807, 2.05) is 13.8 Å². The van der Waals surface area contributed by atoms with Crippen LogP contribution in [0.15, 0.2) is 0 Å². The SMILES string of the molecule is C#CCn1nc(C)[c]c1C. The molecule has 0 spiro atoms. The monoisotopic (exact) mass is 133 g/mol. The van der Waals surface area contributed by atoms with E-state index in [1.54, 1.807) is 4.68 Å². The van der Waals surface area contributed by atoms with Crippen LogP contribution in [-0.2, 0) is 6.54 Å². The topological polar surface area (TPSA) is 17.8 Å². The van der Waals surface area contributed by atoms with Gasteiger partial charge in [-0.25, -0.2) is 0 Å². The lowest BCUT2D eigenvalue weighted by molar-refractivity contribution is 0.684. The molecule has 51 valence electrons. The predicted octanol–water partition coefficient (Wildman–Crippen LogP) is 0.933. The van der Waals surface area contributed by atoms with Gasteiger partial charge in [0.15, 0.2) is 0 Å². The van der Waals surface area contributed by atoms with Crippen molar-refractivity contribution in [3.8, 4) is 12.3 Å². The zero-order chi connectivity index (χ0) is 7.56. The van der Waals surface area contributed by atoms with Crippen molar-refractivity contribution >= 4 is 0 Å². The van der Waals surface area contributed by atoms with Crippen molar-refractivity contribution in [3.05, 3.63) is 17.5 Å². The molecule has 0 unspecified atom stereocenters. The van der Waals surface area contributed by atoms with Gasteiger partial charge >= 0.3 is 0 Å². The van der Waals surface area contributed by atoms with Gasteiger partial charge in [0.25, 0.3) is 0 Å². The molecule has 0 N–H and O–H groups in total. The minimum Gasteiger partial charge on any atom is -0.257 e. The normalized spacial score (nSPS) is 9.30. The Kier molecular flexibility index (Phi) is 1.77. The fourth-order valence-electron chi connectivity index (χ4n) is 0.848. The first kappa shape index (κ1) is 6.88. The Hall–Kier alpha value is -1.23. The molecule has 0 bridgehead atoms. The molecule has 0 aliphatic rings. The molecule has 1 heterocycles. The average molecular weight is 133 g/mol. The predicted molar refractivity (Wildman–Crippen MR) is 39.4 cm³/mol.